The quantitative estimate of drug-likeness (QED) is 0.732. The van der Waals surface area contributed by atoms with Crippen LogP contribution >= 0.6 is 11.6 Å². The average Bonchev–Trinajstić information content (AvgIpc) is 3.33. The van der Waals surface area contributed by atoms with Gasteiger partial charge < -0.3 is 24.3 Å². The second-order valence-electron chi connectivity index (χ2n) is 7.62. The summed E-state index contributed by atoms with van der Waals surface area (Å²) in [5.41, 5.74) is -0.671. The third kappa shape index (κ3) is 3.07. The van der Waals surface area contributed by atoms with Gasteiger partial charge in [0.15, 0.2) is 5.75 Å². The molecule has 0 amide bonds. The van der Waals surface area contributed by atoms with Crippen LogP contribution in [0.15, 0.2) is 17.8 Å². The Morgan fingerprint density at radius 1 is 1.28 bits per heavy atom. The van der Waals surface area contributed by atoms with Crippen LogP contribution in [0.2, 0.25) is 5.02 Å². The molecule has 0 unspecified atom stereocenters. The lowest BCUT2D eigenvalue weighted by molar-refractivity contribution is -0.129. The van der Waals surface area contributed by atoms with Crippen molar-refractivity contribution in [3.05, 3.63) is 28.4 Å². The largest absolute Gasteiger partial charge is 0.496 e. The van der Waals surface area contributed by atoms with Gasteiger partial charge in [-0.15, -0.1) is 0 Å². The summed E-state index contributed by atoms with van der Waals surface area (Å²) in [7, 11) is 2.91. The number of rotatable bonds is 5. The van der Waals surface area contributed by atoms with Crippen LogP contribution in [-0.2, 0) is 9.53 Å². The summed E-state index contributed by atoms with van der Waals surface area (Å²) < 4.78 is 22.2. The molecule has 156 valence electrons. The second kappa shape index (κ2) is 7.54. The van der Waals surface area contributed by atoms with Crippen molar-refractivity contribution in [2.24, 2.45) is 5.92 Å². The van der Waals surface area contributed by atoms with Gasteiger partial charge in [0.25, 0.3) is 0 Å². The minimum absolute atomic E-state index is 0.136. The first-order valence-electron chi connectivity index (χ1n) is 9.71. The Morgan fingerprint density at radius 3 is 2.66 bits per heavy atom. The highest BCUT2D eigenvalue weighted by molar-refractivity contribution is 6.36. The molecule has 2 aliphatic heterocycles. The van der Waals surface area contributed by atoms with Crippen molar-refractivity contribution in [2.45, 2.75) is 37.9 Å². The molecule has 0 bridgehead atoms. The van der Waals surface area contributed by atoms with Crippen LogP contribution in [0.3, 0.4) is 0 Å². The molecule has 0 saturated carbocycles. The van der Waals surface area contributed by atoms with Crippen molar-refractivity contribution >= 4 is 23.2 Å². The first kappa shape index (κ1) is 20.0. The Labute approximate surface area is 174 Å². The van der Waals surface area contributed by atoms with E-state index in [-0.39, 0.29) is 28.2 Å². The minimum Gasteiger partial charge on any atom is -0.496 e. The number of methoxy groups -OCH3 is 2. The third-order valence-corrected chi connectivity index (χ3v) is 6.25. The summed E-state index contributed by atoms with van der Waals surface area (Å²) in [5.74, 6) is -0.493. The Kier molecular flexibility index (Phi) is 5.21. The van der Waals surface area contributed by atoms with Crippen molar-refractivity contribution in [3.63, 3.8) is 0 Å². The second-order valence-corrected chi connectivity index (χ2v) is 8.00. The molecule has 1 N–H and O–H groups in total. The lowest BCUT2D eigenvalue weighted by Crippen LogP contribution is -2.55. The van der Waals surface area contributed by atoms with Crippen molar-refractivity contribution in [1.82, 2.24) is 5.32 Å². The fraction of sp³-hybridized carbons (Fsp3) is 0.524. The fourth-order valence-electron chi connectivity index (χ4n) is 4.30. The summed E-state index contributed by atoms with van der Waals surface area (Å²) >= 11 is 6.39. The monoisotopic (exact) mass is 421 g/mol. The molecular formula is C21H24ClNO6. The SMILES string of the molecule is COc1cc(OC)c2c(c1Cl)O[C@@]1(C(=O)C=C(NC[C@H]3CCCO3)C[C@H]1C)C2=O. The van der Waals surface area contributed by atoms with E-state index in [9.17, 15) is 9.59 Å². The number of halogens is 1. The van der Waals surface area contributed by atoms with Gasteiger partial charge >= 0.3 is 0 Å². The van der Waals surface area contributed by atoms with Crippen LogP contribution in [0.4, 0.5) is 0 Å². The zero-order chi connectivity index (χ0) is 20.8. The molecule has 3 aliphatic rings. The summed E-state index contributed by atoms with van der Waals surface area (Å²) in [6, 6.07) is 1.53. The van der Waals surface area contributed by atoms with Crippen LogP contribution in [-0.4, -0.2) is 50.6 Å². The molecular weight excluding hydrogens is 398 g/mol. The van der Waals surface area contributed by atoms with E-state index in [0.717, 1.165) is 25.1 Å². The molecule has 3 atom stereocenters. The van der Waals surface area contributed by atoms with Crippen molar-refractivity contribution < 1.29 is 28.5 Å². The number of carbonyl (C=O) groups excluding carboxylic acids is 2. The number of nitrogens with one attached hydrogen (secondary N) is 1. The number of ketones is 2. The lowest BCUT2D eigenvalue weighted by atomic mass is 9.74. The predicted molar refractivity (Wildman–Crippen MR) is 106 cm³/mol. The molecule has 1 aromatic rings. The van der Waals surface area contributed by atoms with Gasteiger partial charge in [-0.3, -0.25) is 9.59 Å². The van der Waals surface area contributed by atoms with Crippen LogP contribution in [0, 0.1) is 5.92 Å². The van der Waals surface area contributed by atoms with Gasteiger partial charge in [0.2, 0.25) is 17.2 Å². The number of allylic oxidation sites excluding steroid dienone is 1. The highest BCUT2D eigenvalue weighted by Gasteiger charge is 2.60. The van der Waals surface area contributed by atoms with E-state index < -0.39 is 23.1 Å². The van der Waals surface area contributed by atoms with Crippen LogP contribution in [0.1, 0.15) is 36.5 Å². The van der Waals surface area contributed by atoms with E-state index in [0.29, 0.717) is 18.7 Å². The number of benzene rings is 1. The van der Waals surface area contributed by atoms with Gasteiger partial charge in [0.1, 0.15) is 22.1 Å². The molecule has 1 aliphatic carbocycles. The Balaban J connectivity index is 1.65. The molecule has 1 spiro atoms. The Bertz CT molecular complexity index is 892. The summed E-state index contributed by atoms with van der Waals surface area (Å²) in [6.45, 7) is 3.25. The maximum Gasteiger partial charge on any atom is 0.236 e. The maximum absolute atomic E-state index is 13.4. The molecule has 1 aromatic carbocycles. The number of Topliss-reactive ketones (excluding diaryl/α,β-unsaturated/α-hetero) is 1. The molecule has 1 saturated heterocycles. The standard InChI is InChI=1S/C21H24ClNO6/c1-11-7-12(23-10-13-5-4-6-28-13)8-16(24)21(11)20(25)17-14(26-2)9-15(27-3)18(22)19(17)29-21/h8-9,11,13,23H,4-7,10H2,1-3H3/t11-,13-,21+/m1/s1. The smallest absolute Gasteiger partial charge is 0.236 e. The van der Waals surface area contributed by atoms with Crippen LogP contribution < -0.4 is 19.5 Å². The molecule has 0 aromatic heterocycles. The van der Waals surface area contributed by atoms with Gasteiger partial charge in [0.05, 0.1) is 20.3 Å². The number of carbonyl (C=O) groups is 2. The Hall–Kier alpha value is -2.25. The molecule has 1 fully saturated rings. The third-order valence-electron chi connectivity index (χ3n) is 5.89. The number of ether oxygens (including phenoxy) is 4. The average molecular weight is 422 g/mol. The fourth-order valence-corrected chi connectivity index (χ4v) is 4.57. The molecule has 0 radical (unpaired) electrons. The normalized spacial score (nSPS) is 28.2. The van der Waals surface area contributed by atoms with E-state index in [4.69, 9.17) is 30.5 Å². The lowest BCUT2D eigenvalue weighted by Gasteiger charge is -2.35. The van der Waals surface area contributed by atoms with E-state index in [1.54, 1.807) is 0 Å². The van der Waals surface area contributed by atoms with E-state index in [1.807, 2.05) is 6.92 Å². The van der Waals surface area contributed by atoms with Crippen LogP contribution in [0.25, 0.3) is 0 Å². The first-order valence-corrected chi connectivity index (χ1v) is 10.1. The summed E-state index contributed by atoms with van der Waals surface area (Å²) in [5, 5.41) is 3.45. The first-order chi connectivity index (χ1) is 13.9. The predicted octanol–water partition coefficient (Wildman–Crippen LogP) is 2.93. The number of hydrogen-bond donors (Lipinski definition) is 1. The zero-order valence-electron chi connectivity index (χ0n) is 16.7. The maximum atomic E-state index is 13.4. The van der Waals surface area contributed by atoms with Crippen molar-refractivity contribution in [3.8, 4) is 17.2 Å². The van der Waals surface area contributed by atoms with E-state index in [1.165, 1.54) is 26.4 Å². The summed E-state index contributed by atoms with van der Waals surface area (Å²) in [4.78, 5) is 26.6. The molecule has 2 heterocycles. The van der Waals surface area contributed by atoms with Gasteiger partial charge in [-0.1, -0.05) is 18.5 Å². The zero-order valence-corrected chi connectivity index (χ0v) is 17.4. The number of hydrogen-bond acceptors (Lipinski definition) is 7. The van der Waals surface area contributed by atoms with E-state index >= 15 is 0 Å². The minimum atomic E-state index is -1.64. The van der Waals surface area contributed by atoms with Gasteiger partial charge in [-0.25, -0.2) is 0 Å². The topological polar surface area (TPSA) is 83.1 Å². The highest BCUT2D eigenvalue weighted by atomic mass is 35.5. The van der Waals surface area contributed by atoms with Gasteiger partial charge in [-0.2, -0.15) is 0 Å². The molecule has 4 rings (SSSR count). The summed E-state index contributed by atoms with van der Waals surface area (Å²) in [6.07, 6.45) is 4.17. The molecule has 8 heteroatoms. The van der Waals surface area contributed by atoms with Gasteiger partial charge in [0, 0.05) is 36.9 Å². The highest BCUT2D eigenvalue weighted by Crippen LogP contribution is 2.52. The van der Waals surface area contributed by atoms with E-state index in [2.05, 4.69) is 5.32 Å². The Morgan fingerprint density at radius 2 is 2.03 bits per heavy atom. The molecule has 7 nitrogen and oxygen atoms in total. The van der Waals surface area contributed by atoms with Crippen LogP contribution in [0.5, 0.6) is 17.2 Å². The molecule has 29 heavy (non-hydrogen) atoms. The van der Waals surface area contributed by atoms with Crippen molar-refractivity contribution in [1.29, 1.82) is 0 Å². The number of fused-ring (bicyclic) bond motifs is 1. The van der Waals surface area contributed by atoms with Gasteiger partial charge in [-0.05, 0) is 19.3 Å². The van der Waals surface area contributed by atoms with Crippen molar-refractivity contribution in [2.75, 3.05) is 27.4 Å².